The van der Waals surface area contributed by atoms with Gasteiger partial charge < -0.3 is 5.32 Å². The van der Waals surface area contributed by atoms with Gasteiger partial charge in [0.1, 0.15) is 0 Å². The van der Waals surface area contributed by atoms with Gasteiger partial charge in [0.25, 0.3) is 5.91 Å². The summed E-state index contributed by atoms with van der Waals surface area (Å²) < 4.78 is 39.3. The third-order valence-corrected chi connectivity index (χ3v) is 5.10. The zero-order chi connectivity index (χ0) is 17.2. The van der Waals surface area contributed by atoms with Crippen molar-refractivity contribution in [2.75, 3.05) is 0 Å². The first-order valence-electron chi connectivity index (χ1n) is 6.99. The summed E-state index contributed by atoms with van der Waals surface area (Å²) in [5, 5.41) is 8.34. The predicted octanol–water partition coefficient (Wildman–Crippen LogP) is 5.35. The Kier molecular flexibility index (Phi) is 4.73. The summed E-state index contributed by atoms with van der Waals surface area (Å²) in [4.78, 5) is 13.4. The smallest absolute Gasteiger partial charge is 0.340 e. The van der Waals surface area contributed by atoms with Gasteiger partial charge in [-0.2, -0.15) is 24.5 Å². The van der Waals surface area contributed by atoms with Crippen molar-refractivity contribution in [1.29, 1.82) is 0 Å². The van der Waals surface area contributed by atoms with Crippen LogP contribution >= 0.6 is 22.7 Å². The Labute approximate surface area is 144 Å². The largest absolute Gasteiger partial charge is 0.417 e. The summed E-state index contributed by atoms with van der Waals surface area (Å²) in [7, 11) is 0. The second kappa shape index (κ2) is 6.78. The number of carbonyl (C=O) groups is 1. The molecule has 0 aliphatic rings. The molecule has 0 bridgehead atoms. The first-order chi connectivity index (χ1) is 11.5. The number of hydrogen-bond acceptors (Lipinski definition) is 3. The van der Waals surface area contributed by atoms with Crippen molar-refractivity contribution < 1.29 is 18.0 Å². The molecule has 2 aromatic heterocycles. The normalized spacial score (nSPS) is 12.8. The van der Waals surface area contributed by atoms with Gasteiger partial charge in [-0.25, -0.2) is 0 Å². The molecule has 0 spiro atoms. The van der Waals surface area contributed by atoms with Crippen LogP contribution in [0.4, 0.5) is 13.2 Å². The molecule has 1 unspecified atom stereocenters. The molecule has 24 heavy (non-hydrogen) atoms. The van der Waals surface area contributed by atoms with Crippen molar-refractivity contribution >= 4 is 28.6 Å². The Morgan fingerprint density at radius 1 is 1.04 bits per heavy atom. The average Bonchev–Trinajstić information content (AvgIpc) is 3.25. The number of hydrogen-bond donors (Lipinski definition) is 1. The lowest BCUT2D eigenvalue weighted by atomic mass is 10.0. The molecule has 1 N–H and O–H groups in total. The Hall–Kier alpha value is -2.12. The summed E-state index contributed by atoms with van der Waals surface area (Å²) in [5.41, 5.74) is -0.458. The molecule has 0 aliphatic carbocycles. The standard InChI is InChI=1S/C17H12F3NOS2/c18-17(19,20)13-5-2-1-4-12(13)16(22)21-15(11-7-9-23-10-11)14-6-3-8-24-14/h1-10,15H,(H,21,22). The first kappa shape index (κ1) is 16.7. The van der Waals surface area contributed by atoms with E-state index in [0.717, 1.165) is 16.5 Å². The molecule has 3 aromatic rings. The highest BCUT2D eigenvalue weighted by Crippen LogP contribution is 2.33. The van der Waals surface area contributed by atoms with E-state index in [1.807, 2.05) is 34.3 Å². The van der Waals surface area contributed by atoms with Crippen molar-refractivity contribution in [3.63, 3.8) is 0 Å². The zero-order valence-corrected chi connectivity index (χ0v) is 13.8. The van der Waals surface area contributed by atoms with Gasteiger partial charge in [0.05, 0.1) is 17.2 Å². The highest BCUT2D eigenvalue weighted by molar-refractivity contribution is 7.10. The number of halogens is 3. The molecule has 0 saturated carbocycles. The van der Waals surface area contributed by atoms with Crippen LogP contribution in [0.1, 0.15) is 32.4 Å². The van der Waals surface area contributed by atoms with E-state index in [-0.39, 0.29) is 5.56 Å². The Morgan fingerprint density at radius 3 is 2.46 bits per heavy atom. The topological polar surface area (TPSA) is 29.1 Å². The summed E-state index contributed by atoms with van der Waals surface area (Å²) in [6.07, 6.45) is -4.57. The number of carbonyl (C=O) groups excluding carboxylic acids is 1. The van der Waals surface area contributed by atoms with E-state index in [0.29, 0.717) is 0 Å². The molecule has 124 valence electrons. The van der Waals surface area contributed by atoms with Crippen molar-refractivity contribution in [2.45, 2.75) is 12.2 Å². The third kappa shape index (κ3) is 3.52. The van der Waals surface area contributed by atoms with Crippen LogP contribution < -0.4 is 5.32 Å². The van der Waals surface area contributed by atoms with Crippen LogP contribution in [-0.2, 0) is 6.18 Å². The number of alkyl halides is 3. The molecule has 1 atom stereocenters. The number of thiophene rings is 2. The minimum Gasteiger partial charge on any atom is -0.340 e. The number of amides is 1. The van der Waals surface area contributed by atoms with Gasteiger partial charge in [-0.1, -0.05) is 18.2 Å². The molecule has 1 aromatic carbocycles. The van der Waals surface area contributed by atoms with E-state index >= 15 is 0 Å². The molecule has 2 nitrogen and oxygen atoms in total. The van der Waals surface area contributed by atoms with Crippen LogP contribution in [0.25, 0.3) is 0 Å². The third-order valence-electron chi connectivity index (χ3n) is 3.46. The van der Waals surface area contributed by atoms with E-state index in [1.165, 1.54) is 40.9 Å². The van der Waals surface area contributed by atoms with Gasteiger partial charge in [-0.3, -0.25) is 4.79 Å². The molecule has 3 rings (SSSR count). The zero-order valence-electron chi connectivity index (χ0n) is 12.2. The fraction of sp³-hybridized carbons (Fsp3) is 0.118. The van der Waals surface area contributed by atoms with Crippen LogP contribution in [0, 0.1) is 0 Å². The molecule has 0 saturated heterocycles. The molecular weight excluding hydrogens is 355 g/mol. The van der Waals surface area contributed by atoms with Gasteiger partial charge in [-0.15, -0.1) is 11.3 Å². The molecule has 0 fully saturated rings. The number of nitrogens with one attached hydrogen (secondary N) is 1. The van der Waals surface area contributed by atoms with Crippen LogP contribution in [0.5, 0.6) is 0 Å². The lowest BCUT2D eigenvalue weighted by Gasteiger charge is -2.18. The minimum atomic E-state index is -4.57. The van der Waals surface area contributed by atoms with E-state index in [1.54, 1.807) is 0 Å². The highest BCUT2D eigenvalue weighted by Gasteiger charge is 2.35. The van der Waals surface area contributed by atoms with Gasteiger partial charge in [0.15, 0.2) is 0 Å². The molecule has 0 aliphatic heterocycles. The summed E-state index contributed by atoms with van der Waals surface area (Å²) in [5.74, 6) is -0.743. The second-order valence-corrected chi connectivity index (χ2v) is 6.78. The van der Waals surface area contributed by atoms with Gasteiger partial charge in [0.2, 0.25) is 0 Å². The molecule has 7 heteroatoms. The second-order valence-electron chi connectivity index (χ2n) is 5.02. The fourth-order valence-corrected chi connectivity index (χ4v) is 3.84. The van der Waals surface area contributed by atoms with Crippen LogP contribution in [0.3, 0.4) is 0 Å². The maximum atomic E-state index is 13.1. The quantitative estimate of drug-likeness (QED) is 0.662. The van der Waals surface area contributed by atoms with Gasteiger partial charge in [-0.05, 0) is 46.0 Å². The van der Waals surface area contributed by atoms with E-state index in [9.17, 15) is 18.0 Å². The lowest BCUT2D eigenvalue weighted by Crippen LogP contribution is -2.30. The Morgan fingerprint density at radius 2 is 1.83 bits per heavy atom. The van der Waals surface area contributed by atoms with Crippen molar-refractivity contribution in [3.8, 4) is 0 Å². The SMILES string of the molecule is O=C(NC(c1ccsc1)c1cccs1)c1ccccc1C(F)(F)F. The first-order valence-corrected chi connectivity index (χ1v) is 8.81. The Balaban J connectivity index is 1.93. The molecule has 2 heterocycles. The maximum Gasteiger partial charge on any atom is 0.417 e. The lowest BCUT2D eigenvalue weighted by molar-refractivity contribution is -0.137. The Bertz CT molecular complexity index is 776. The highest BCUT2D eigenvalue weighted by atomic mass is 32.1. The van der Waals surface area contributed by atoms with Crippen molar-refractivity contribution in [2.24, 2.45) is 0 Å². The van der Waals surface area contributed by atoms with Crippen molar-refractivity contribution in [3.05, 3.63) is 80.2 Å². The summed E-state index contributed by atoms with van der Waals surface area (Å²) in [6.45, 7) is 0. The van der Waals surface area contributed by atoms with Gasteiger partial charge in [0, 0.05) is 4.88 Å². The molecule has 1 amide bonds. The van der Waals surface area contributed by atoms with Crippen molar-refractivity contribution in [1.82, 2.24) is 5.32 Å². The monoisotopic (exact) mass is 367 g/mol. The maximum absolute atomic E-state index is 13.1. The van der Waals surface area contributed by atoms with Gasteiger partial charge >= 0.3 is 6.18 Å². The van der Waals surface area contributed by atoms with E-state index < -0.39 is 23.7 Å². The number of benzene rings is 1. The summed E-state index contributed by atoms with van der Waals surface area (Å²) >= 11 is 2.91. The molecular formula is C17H12F3NOS2. The molecule has 0 radical (unpaired) electrons. The summed E-state index contributed by atoms with van der Waals surface area (Å²) in [6, 6.07) is 9.88. The van der Waals surface area contributed by atoms with Crippen LogP contribution in [0.15, 0.2) is 58.6 Å². The predicted molar refractivity (Wildman–Crippen MR) is 89.4 cm³/mol. The number of rotatable bonds is 4. The van der Waals surface area contributed by atoms with E-state index in [4.69, 9.17) is 0 Å². The average molecular weight is 367 g/mol. The van der Waals surface area contributed by atoms with Crippen LogP contribution in [-0.4, -0.2) is 5.91 Å². The minimum absolute atomic E-state index is 0.373. The van der Waals surface area contributed by atoms with Crippen LogP contribution in [0.2, 0.25) is 0 Å². The fourth-order valence-electron chi connectivity index (χ4n) is 2.35. The van der Waals surface area contributed by atoms with E-state index in [2.05, 4.69) is 5.32 Å².